The number of anilines is 2. The van der Waals surface area contributed by atoms with E-state index in [9.17, 15) is 18.0 Å². The van der Waals surface area contributed by atoms with E-state index < -0.39 is 15.7 Å². The number of nitrogens with one attached hydrogen (secondary N) is 1. The van der Waals surface area contributed by atoms with Gasteiger partial charge in [-0.3, -0.25) is 9.59 Å². The van der Waals surface area contributed by atoms with Gasteiger partial charge >= 0.3 is 0 Å². The number of sulfone groups is 1. The number of halogens is 1. The van der Waals surface area contributed by atoms with Gasteiger partial charge in [0.05, 0.1) is 22.9 Å². The zero-order valence-electron chi connectivity index (χ0n) is 17.5. The molecular weight excluding hydrogens is 484 g/mol. The van der Waals surface area contributed by atoms with Crippen LogP contribution in [-0.4, -0.2) is 39.1 Å². The van der Waals surface area contributed by atoms with Crippen molar-refractivity contribution in [1.82, 2.24) is 0 Å². The lowest BCUT2D eigenvalue weighted by atomic mass is 10.2. The maximum absolute atomic E-state index is 13.1. The van der Waals surface area contributed by atoms with Crippen LogP contribution < -0.4 is 15.0 Å². The molecule has 1 N–H and O–H groups in total. The number of rotatable bonds is 8. The predicted octanol–water partition coefficient (Wildman–Crippen LogP) is 3.95. The molecule has 0 atom stereocenters. The van der Waals surface area contributed by atoms with E-state index in [1.54, 1.807) is 31.2 Å². The molecule has 7 nitrogen and oxygen atoms in total. The fraction of sp³-hybridized carbons (Fsp3) is 0.364. The van der Waals surface area contributed by atoms with Crippen LogP contribution in [0.25, 0.3) is 0 Å². The molecule has 0 unspecified atom stereocenters. The van der Waals surface area contributed by atoms with Gasteiger partial charge in [0.25, 0.3) is 0 Å². The fourth-order valence-corrected chi connectivity index (χ4v) is 5.68. The number of nitrogens with zero attached hydrogens (tertiary/aromatic N) is 1. The smallest absolute Gasteiger partial charge is 0.226 e. The Morgan fingerprint density at radius 2 is 1.87 bits per heavy atom. The molecule has 3 rings (SSSR count). The van der Waals surface area contributed by atoms with E-state index in [1.807, 2.05) is 13.0 Å². The number of benzene rings is 2. The highest BCUT2D eigenvalue weighted by atomic mass is 79.9. The number of carbonyl (C=O) groups excluding carboxylic acids is 2. The minimum atomic E-state index is -3.79. The summed E-state index contributed by atoms with van der Waals surface area (Å²) in [4.78, 5) is 26.3. The molecule has 0 fully saturated rings. The van der Waals surface area contributed by atoms with Gasteiger partial charge in [0.1, 0.15) is 5.75 Å². The van der Waals surface area contributed by atoms with Gasteiger partial charge in [0.2, 0.25) is 11.8 Å². The van der Waals surface area contributed by atoms with Crippen molar-refractivity contribution in [3.05, 3.63) is 46.4 Å². The van der Waals surface area contributed by atoms with Crippen LogP contribution in [-0.2, 0) is 25.8 Å². The van der Waals surface area contributed by atoms with Crippen LogP contribution in [0.3, 0.4) is 0 Å². The van der Waals surface area contributed by atoms with E-state index in [1.165, 1.54) is 11.0 Å². The summed E-state index contributed by atoms with van der Waals surface area (Å²) >= 11 is 3.37. The van der Waals surface area contributed by atoms with E-state index >= 15 is 0 Å². The molecule has 0 aliphatic carbocycles. The summed E-state index contributed by atoms with van der Waals surface area (Å²) in [5.74, 6) is -0.184. The third kappa shape index (κ3) is 5.46. The van der Waals surface area contributed by atoms with Crippen molar-refractivity contribution in [2.24, 2.45) is 0 Å². The maximum atomic E-state index is 13.1. The molecule has 0 radical (unpaired) electrons. The molecule has 1 heterocycles. The lowest BCUT2D eigenvalue weighted by Gasteiger charge is -2.20. The molecule has 0 saturated carbocycles. The Kier molecular flexibility index (Phi) is 7.38. The summed E-state index contributed by atoms with van der Waals surface area (Å²) in [5.41, 5.74) is 1.82. The third-order valence-electron chi connectivity index (χ3n) is 4.98. The lowest BCUT2D eigenvalue weighted by Crippen LogP contribution is -2.29. The van der Waals surface area contributed by atoms with Crippen molar-refractivity contribution in [1.29, 1.82) is 0 Å². The van der Waals surface area contributed by atoms with E-state index in [0.717, 1.165) is 5.56 Å². The number of fused-ring (bicyclic) bond motifs is 1. The predicted molar refractivity (Wildman–Crippen MR) is 123 cm³/mol. The van der Waals surface area contributed by atoms with Crippen molar-refractivity contribution in [2.45, 2.75) is 38.0 Å². The average Bonchev–Trinajstić information content (AvgIpc) is 3.16. The Hall–Kier alpha value is -2.39. The maximum Gasteiger partial charge on any atom is 0.226 e. The molecule has 166 valence electrons. The number of carbonyl (C=O) groups is 2. The average molecular weight is 509 g/mol. The minimum Gasteiger partial charge on any atom is -0.494 e. The quantitative estimate of drug-likeness (QED) is 0.582. The molecule has 0 aromatic heterocycles. The van der Waals surface area contributed by atoms with E-state index in [-0.39, 0.29) is 23.0 Å². The van der Waals surface area contributed by atoms with Gasteiger partial charge in [-0.2, -0.15) is 0 Å². The Balaban J connectivity index is 1.74. The molecule has 0 saturated heterocycles. The summed E-state index contributed by atoms with van der Waals surface area (Å²) in [6, 6.07) is 10.2. The van der Waals surface area contributed by atoms with Crippen molar-refractivity contribution in [2.75, 3.05) is 29.1 Å². The van der Waals surface area contributed by atoms with Crippen molar-refractivity contribution >= 4 is 49.0 Å². The van der Waals surface area contributed by atoms with Gasteiger partial charge in [-0.05, 0) is 55.3 Å². The third-order valence-corrected chi connectivity index (χ3v) is 7.16. The van der Waals surface area contributed by atoms with Crippen LogP contribution >= 0.6 is 15.9 Å². The highest BCUT2D eigenvalue weighted by Crippen LogP contribution is 2.38. The molecular formula is C22H25BrN2O5S. The van der Waals surface area contributed by atoms with Gasteiger partial charge in [0, 0.05) is 29.5 Å². The largest absolute Gasteiger partial charge is 0.494 e. The number of hydrogen-bond donors (Lipinski definition) is 1. The normalized spacial score (nSPS) is 13.1. The van der Waals surface area contributed by atoms with Crippen LogP contribution in [0.2, 0.25) is 0 Å². The topological polar surface area (TPSA) is 92.8 Å². The van der Waals surface area contributed by atoms with E-state index in [4.69, 9.17) is 4.74 Å². The highest BCUT2D eigenvalue weighted by molar-refractivity contribution is 9.10. The minimum absolute atomic E-state index is 0.0880. The molecule has 1 aliphatic heterocycles. The standard InChI is InChI=1S/C22H25BrN2O5S/c1-3-21(27)25-11-9-15-13-16(23)14-19(22(15)25)31(28,29)12-10-20(26)24-17-5-7-18(8-6-17)30-4-2/h5-8,13-14H,3-4,9-12H2,1-2H3,(H,24,26). The summed E-state index contributed by atoms with van der Waals surface area (Å²) < 4.78 is 32.2. The molecule has 1 aliphatic rings. The second-order valence-corrected chi connectivity index (χ2v) is 10.1. The Morgan fingerprint density at radius 3 is 2.52 bits per heavy atom. The number of amides is 2. The summed E-state index contributed by atoms with van der Waals surface area (Å²) in [6.45, 7) is 4.64. The van der Waals surface area contributed by atoms with Gasteiger partial charge in [0.15, 0.2) is 9.84 Å². The first-order valence-corrected chi connectivity index (χ1v) is 12.6. The Bertz CT molecular complexity index is 1080. The summed E-state index contributed by atoms with van der Waals surface area (Å²) in [6.07, 6.45) is 0.694. The molecule has 31 heavy (non-hydrogen) atoms. The second-order valence-electron chi connectivity index (χ2n) is 7.14. The fourth-order valence-electron chi connectivity index (χ4n) is 3.51. The monoisotopic (exact) mass is 508 g/mol. The number of hydrogen-bond acceptors (Lipinski definition) is 5. The second kappa shape index (κ2) is 9.82. The van der Waals surface area contributed by atoms with Crippen LogP contribution in [0.4, 0.5) is 11.4 Å². The van der Waals surface area contributed by atoms with Gasteiger partial charge in [-0.1, -0.05) is 22.9 Å². The summed E-state index contributed by atoms with van der Waals surface area (Å²) in [5, 5.41) is 2.70. The van der Waals surface area contributed by atoms with Crippen LogP contribution in [0, 0.1) is 0 Å². The van der Waals surface area contributed by atoms with Gasteiger partial charge in [-0.15, -0.1) is 0 Å². The zero-order valence-corrected chi connectivity index (χ0v) is 19.9. The number of ether oxygens (including phenoxy) is 1. The molecule has 2 aromatic rings. The van der Waals surface area contributed by atoms with Gasteiger partial charge < -0.3 is 15.0 Å². The molecule has 9 heteroatoms. The first kappa shape index (κ1) is 23.3. The SMILES string of the molecule is CCOc1ccc(NC(=O)CCS(=O)(=O)c2cc(Br)cc3c2N(C(=O)CC)CC3)cc1. The first-order valence-electron chi connectivity index (χ1n) is 10.1. The Morgan fingerprint density at radius 1 is 1.16 bits per heavy atom. The van der Waals surface area contributed by atoms with Crippen molar-refractivity contribution in [3.63, 3.8) is 0 Å². The molecule has 2 aromatic carbocycles. The van der Waals surface area contributed by atoms with E-state index in [2.05, 4.69) is 21.2 Å². The summed E-state index contributed by atoms with van der Waals surface area (Å²) in [7, 11) is -3.79. The van der Waals surface area contributed by atoms with Gasteiger partial charge in [-0.25, -0.2) is 8.42 Å². The molecule has 0 spiro atoms. The van der Waals surface area contributed by atoms with Crippen LogP contribution in [0.15, 0.2) is 45.8 Å². The highest BCUT2D eigenvalue weighted by Gasteiger charge is 2.32. The lowest BCUT2D eigenvalue weighted by molar-refractivity contribution is -0.118. The Labute approximate surface area is 190 Å². The molecule has 0 bridgehead atoms. The van der Waals surface area contributed by atoms with E-state index in [0.29, 0.717) is 47.6 Å². The van der Waals surface area contributed by atoms with Crippen LogP contribution in [0.1, 0.15) is 32.3 Å². The van der Waals surface area contributed by atoms with Crippen LogP contribution in [0.5, 0.6) is 5.75 Å². The first-order chi connectivity index (χ1) is 14.7. The van der Waals surface area contributed by atoms with Crippen molar-refractivity contribution < 1.29 is 22.7 Å². The van der Waals surface area contributed by atoms with Crippen molar-refractivity contribution in [3.8, 4) is 5.75 Å². The molecule has 2 amide bonds. The zero-order chi connectivity index (χ0) is 22.6.